The van der Waals surface area contributed by atoms with Crippen LogP contribution in [0.25, 0.3) is 0 Å². The molecule has 0 aromatic heterocycles. The van der Waals surface area contributed by atoms with Crippen molar-refractivity contribution >= 4 is 23.3 Å². The van der Waals surface area contributed by atoms with Crippen molar-refractivity contribution in [2.75, 3.05) is 20.3 Å². The molecule has 2 N–H and O–H groups in total. The Morgan fingerprint density at radius 3 is 2.88 bits per heavy atom. The van der Waals surface area contributed by atoms with Gasteiger partial charge in [-0.15, -0.1) is 0 Å². The predicted molar refractivity (Wildman–Crippen MR) is 64.1 cm³/mol. The van der Waals surface area contributed by atoms with E-state index in [9.17, 15) is 4.79 Å². The van der Waals surface area contributed by atoms with Crippen LogP contribution in [0.4, 0.5) is 0 Å². The van der Waals surface area contributed by atoms with E-state index in [1.54, 1.807) is 7.05 Å². The lowest BCUT2D eigenvalue weighted by Gasteiger charge is -2.24. The van der Waals surface area contributed by atoms with Crippen molar-refractivity contribution in [2.24, 2.45) is 0 Å². The average Bonchev–Trinajstić information content (AvgIpc) is 2.28. The third kappa shape index (κ3) is 4.59. The van der Waals surface area contributed by atoms with Gasteiger partial charge >= 0.3 is 5.97 Å². The summed E-state index contributed by atoms with van der Waals surface area (Å²) in [5, 5.41) is 6.46. The molecule has 0 saturated carbocycles. The Morgan fingerprint density at radius 2 is 2.38 bits per heavy atom. The minimum atomic E-state index is -0.298. The average molecular weight is 244 g/mol. The molecular weight excluding hydrogens is 228 g/mol. The maximum Gasteiger partial charge on any atom is 0.302 e. The highest BCUT2D eigenvalue weighted by Gasteiger charge is 2.17. The van der Waals surface area contributed by atoms with Gasteiger partial charge in [0.15, 0.2) is 5.11 Å². The van der Waals surface area contributed by atoms with Crippen LogP contribution in [0, 0.1) is 0 Å². The topological polar surface area (TPSA) is 59.6 Å². The van der Waals surface area contributed by atoms with Crippen LogP contribution >= 0.6 is 12.2 Å². The molecule has 5 nitrogen and oxygen atoms in total. The number of hydrogen-bond acceptors (Lipinski definition) is 4. The highest BCUT2D eigenvalue weighted by Crippen LogP contribution is 2.06. The number of hydrogen-bond donors (Lipinski definition) is 2. The Labute approximate surface area is 100 Å². The molecule has 0 amide bonds. The van der Waals surface area contributed by atoms with Gasteiger partial charge in [0.2, 0.25) is 0 Å². The molecule has 0 aromatic rings. The molecular formula is C10H16N2O3S. The first-order chi connectivity index (χ1) is 7.61. The molecule has 16 heavy (non-hydrogen) atoms. The van der Waals surface area contributed by atoms with Gasteiger partial charge in [0, 0.05) is 14.0 Å². The second-order valence-electron chi connectivity index (χ2n) is 3.39. The molecule has 0 unspecified atom stereocenters. The van der Waals surface area contributed by atoms with Gasteiger partial charge in [-0.3, -0.25) is 4.79 Å². The largest absolute Gasteiger partial charge is 0.463 e. The predicted octanol–water partition coefficient (Wildman–Crippen LogP) is -0.0330. The number of carbonyl (C=O) groups excluding carboxylic acids is 1. The van der Waals surface area contributed by atoms with Crippen LogP contribution < -0.4 is 10.6 Å². The van der Waals surface area contributed by atoms with Gasteiger partial charge in [0.25, 0.3) is 0 Å². The van der Waals surface area contributed by atoms with E-state index in [1.165, 1.54) is 6.92 Å². The zero-order chi connectivity index (χ0) is 12.0. The second kappa shape index (κ2) is 6.44. The third-order valence-electron chi connectivity index (χ3n) is 2.04. The molecule has 0 aliphatic carbocycles. The van der Waals surface area contributed by atoms with Crippen molar-refractivity contribution in [3.63, 3.8) is 0 Å². The van der Waals surface area contributed by atoms with Crippen molar-refractivity contribution in [3.05, 3.63) is 12.2 Å². The zero-order valence-electron chi connectivity index (χ0n) is 9.36. The fourth-order valence-corrected chi connectivity index (χ4v) is 1.38. The highest BCUT2D eigenvalue weighted by atomic mass is 32.1. The molecule has 0 fully saturated rings. The molecule has 0 bridgehead atoms. The lowest BCUT2D eigenvalue weighted by molar-refractivity contribution is -0.144. The molecule has 1 heterocycles. The van der Waals surface area contributed by atoms with Crippen LogP contribution in [-0.4, -0.2) is 43.5 Å². The normalized spacial score (nSPS) is 23.6. The highest BCUT2D eigenvalue weighted by molar-refractivity contribution is 7.80. The first kappa shape index (κ1) is 12.9. The monoisotopic (exact) mass is 244 g/mol. The quantitative estimate of drug-likeness (QED) is 0.413. The minimum absolute atomic E-state index is 0.0635. The fraction of sp³-hybridized carbons (Fsp3) is 0.600. The Hall–Kier alpha value is -1.14. The lowest BCUT2D eigenvalue weighted by atomic mass is 10.2. The first-order valence-electron chi connectivity index (χ1n) is 5.03. The van der Waals surface area contributed by atoms with Crippen LogP contribution in [0.2, 0.25) is 0 Å². The molecule has 1 aliphatic rings. The molecule has 1 aliphatic heterocycles. The Kier molecular flexibility index (Phi) is 5.21. The van der Waals surface area contributed by atoms with Gasteiger partial charge in [-0.25, -0.2) is 0 Å². The molecule has 6 heteroatoms. The minimum Gasteiger partial charge on any atom is -0.463 e. The summed E-state index contributed by atoms with van der Waals surface area (Å²) in [6.07, 6.45) is 3.66. The maximum absolute atomic E-state index is 10.6. The van der Waals surface area contributed by atoms with Crippen molar-refractivity contribution in [3.8, 4) is 0 Å². The Bertz CT molecular complexity index is 294. The number of ether oxygens (including phenoxy) is 2. The first-order valence-corrected chi connectivity index (χ1v) is 5.44. The summed E-state index contributed by atoms with van der Waals surface area (Å²) < 4.78 is 10.3. The lowest BCUT2D eigenvalue weighted by Crippen LogP contribution is -2.44. The molecule has 90 valence electrons. The summed E-state index contributed by atoms with van der Waals surface area (Å²) in [6.45, 7) is 2.14. The van der Waals surface area contributed by atoms with Gasteiger partial charge in [0.05, 0.1) is 12.6 Å². The van der Waals surface area contributed by atoms with E-state index < -0.39 is 0 Å². The second-order valence-corrected chi connectivity index (χ2v) is 3.80. The molecule has 2 atom stereocenters. The number of esters is 1. The van der Waals surface area contributed by atoms with Crippen molar-refractivity contribution in [1.82, 2.24) is 10.6 Å². The Balaban J connectivity index is 2.30. The van der Waals surface area contributed by atoms with Gasteiger partial charge in [-0.2, -0.15) is 0 Å². The smallest absolute Gasteiger partial charge is 0.302 e. The molecule has 0 radical (unpaired) electrons. The van der Waals surface area contributed by atoms with Crippen LogP contribution in [0.5, 0.6) is 0 Å². The van der Waals surface area contributed by atoms with E-state index in [2.05, 4.69) is 10.6 Å². The van der Waals surface area contributed by atoms with Crippen LogP contribution in [0.1, 0.15) is 6.92 Å². The van der Waals surface area contributed by atoms with Crippen LogP contribution in [-0.2, 0) is 14.3 Å². The summed E-state index contributed by atoms with van der Waals surface area (Å²) in [4.78, 5) is 10.6. The van der Waals surface area contributed by atoms with Gasteiger partial charge < -0.3 is 20.1 Å². The van der Waals surface area contributed by atoms with Gasteiger partial charge in [0.1, 0.15) is 12.7 Å². The molecule has 0 saturated heterocycles. The summed E-state index contributed by atoms with van der Waals surface area (Å²) in [6, 6.07) is 0.0635. The number of carbonyl (C=O) groups is 1. The number of nitrogens with one attached hydrogen (secondary N) is 2. The van der Waals surface area contributed by atoms with E-state index in [1.807, 2.05) is 12.2 Å². The Morgan fingerprint density at radius 1 is 1.62 bits per heavy atom. The maximum atomic E-state index is 10.6. The van der Waals surface area contributed by atoms with Crippen molar-refractivity contribution < 1.29 is 14.3 Å². The van der Waals surface area contributed by atoms with E-state index in [4.69, 9.17) is 21.7 Å². The summed E-state index contributed by atoms with van der Waals surface area (Å²) in [5.41, 5.74) is 0. The number of thiocarbonyl (C=S) groups is 1. The van der Waals surface area contributed by atoms with Crippen LogP contribution in [0.15, 0.2) is 12.2 Å². The molecule has 0 aromatic carbocycles. The fourth-order valence-electron chi connectivity index (χ4n) is 1.23. The molecule has 1 rings (SSSR count). The summed E-state index contributed by atoms with van der Waals surface area (Å²) >= 11 is 4.97. The van der Waals surface area contributed by atoms with Crippen LogP contribution in [0.3, 0.4) is 0 Å². The zero-order valence-corrected chi connectivity index (χ0v) is 10.2. The van der Waals surface area contributed by atoms with Gasteiger partial charge in [-0.1, -0.05) is 12.2 Å². The van der Waals surface area contributed by atoms with Crippen molar-refractivity contribution in [1.29, 1.82) is 0 Å². The van der Waals surface area contributed by atoms with Gasteiger partial charge in [-0.05, 0) is 12.2 Å². The van der Waals surface area contributed by atoms with Crippen molar-refractivity contribution in [2.45, 2.75) is 19.1 Å². The van der Waals surface area contributed by atoms with E-state index in [0.717, 1.165) is 0 Å². The van der Waals surface area contributed by atoms with E-state index >= 15 is 0 Å². The number of rotatable bonds is 3. The summed E-state index contributed by atoms with van der Waals surface area (Å²) in [7, 11) is 1.76. The third-order valence-corrected chi connectivity index (χ3v) is 2.36. The standard InChI is InChI=1S/C10H16N2O3S/c1-7(13)14-6-9-4-3-8(5-15-9)12-10(16)11-2/h3-4,8-9H,5-6H2,1-2H3,(H2,11,12,16)/t8-,9-/m1/s1. The van der Waals surface area contributed by atoms with E-state index in [-0.39, 0.29) is 24.7 Å². The molecule has 0 spiro atoms. The SMILES string of the molecule is CNC(=S)N[C@@H]1C=C[C@H](COC(C)=O)OC1. The summed E-state index contributed by atoms with van der Waals surface area (Å²) in [5.74, 6) is -0.298. The van der Waals surface area contributed by atoms with E-state index in [0.29, 0.717) is 11.7 Å².